The average molecular weight is 495 g/mol. The molecule has 3 aromatic carbocycles. The van der Waals surface area contributed by atoms with Crippen LogP contribution in [0.15, 0.2) is 91.1 Å². The monoisotopic (exact) mass is 494 g/mol. The fourth-order valence-electron chi connectivity index (χ4n) is 4.19. The van der Waals surface area contributed by atoms with Gasteiger partial charge < -0.3 is 14.8 Å². The smallest absolute Gasteiger partial charge is 0.132 e. The van der Waals surface area contributed by atoms with E-state index in [0.29, 0.717) is 6.61 Å². The SMILES string of the molecule is CCCCCOc1ccc(-c2cc(-c3ccc(Nc4ccccc4)cc3)ccn2)c(OCCCCC)c1. The highest BCUT2D eigenvalue weighted by molar-refractivity contribution is 5.75. The van der Waals surface area contributed by atoms with Gasteiger partial charge in [0.25, 0.3) is 0 Å². The molecular weight excluding hydrogens is 456 g/mol. The fourth-order valence-corrected chi connectivity index (χ4v) is 4.19. The molecule has 0 saturated carbocycles. The minimum Gasteiger partial charge on any atom is -0.493 e. The third-order valence-corrected chi connectivity index (χ3v) is 6.29. The van der Waals surface area contributed by atoms with Crippen LogP contribution in [0.2, 0.25) is 0 Å². The number of nitrogens with zero attached hydrogens (tertiary/aromatic N) is 1. The van der Waals surface area contributed by atoms with Crippen molar-refractivity contribution in [3.05, 3.63) is 91.1 Å². The van der Waals surface area contributed by atoms with Crippen LogP contribution in [0.25, 0.3) is 22.4 Å². The molecule has 0 saturated heterocycles. The third-order valence-electron chi connectivity index (χ3n) is 6.29. The van der Waals surface area contributed by atoms with Crippen LogP contribution < -0.4 is 14.8 Å². The van der Waals surface area contributed by atoms with Gasteiger partial charge in [-0.1, -0.05) is 69.9 Å². The number of hydrogen-bond donors (Lipinski definition) is 1. The highest BCUT2D eigenvalue weighted by Crippen LogP contribution is 2.35. The zero-order valence-electron chi connectivity index (χ0n) is 22.1. The van der Waals surface area contributed by atoms with Gasteiger partial charge in [-0.2, -0.15) is 0 Å². The average Bonchev–Trinajstić information content (AvgIpc) is 2.95. The zero-order valence-corrected chi connectivity index (χ0v) is 22.1. The number of unbranched alkanes of at least 4 members (excludes halogenated alkanes) is 4. The Labute approximate surface area is 221 Å². The number of ether oxygens (including phenoxy) is 2. The van der Waals surface area contributed by atoms with Crippen molar-refractivity contribution in [3.8, 4) is 33.9 Å². The van der Waals surface area contributed by atoms with Crippen LogP contribution in [-0.2, 0) is 0 Å². The fraction of sp³-hybridized carbons (Fsp3) is 0.303. The van der Waals surface area contributed by atoms with Gasteiger partial charge in [-0.15, -0.1) is 0 Å². The van der Waals surface area contributed by atoms with Crippen LogP contribution >= 0.6 is 0 Å². The summed E-state index contributed by atoms with van der Waals surface area (Å²) in [6, 6.07) is 29.0. The summed E-state index contributed by atoms with van der Waals surface area (Å²) in [5.41, 5.74) is 6.28. The van der Waals surface area contributed by atoms with Gasteiger partial charge in [0.15, 0.2) is 0 Å². The van der Waals surface area contributed by atoms with Crippen molar-refractivity contribution in [2.45, 2.75) is 52.4 Å². The number of hydrogen-bond acceptors (Lipinski definition) is 4. The molecule has 4 aromatic rings. The van der Waals surface area contributed by atoms with Crippen molar-refractivity contribution in [3.63, 3.8) is 0 Å². The van der Waals surface area contributed by atoms with Gasteiger partial charge in [0, 0.05) is 29.2 Å². The number of pyridine rings is 1. The minimum absolute atomic E-state index is 0.690. The number of rotatable bonds is 14. The molecule has 37 heavy (non-hydrogen) atoms. The summed E-state index contributed by atoms with van der Waals surface area (Å²) in [6.45, 7) is 5.82. The highest BCUT2D eigenvalue weighted by atomic mass is 16.5. The molecule has 4 rings (SSSR count). The van der Waals surface area contributed by atoms with Crippen molar-refractivity contribution in [2.75, 3.05) is 18.5 Å². The molecule has 0 aliphatic rings. The number of para-hydroxylation sites is 1. The Bertz CT molecular complexity index is 1220. The second-order valence-corrected chi connectivity index (χ2v) is 9.27. The summed E-state index contributed by atoms with van der Waals surface area (Å²) in [7, 11) is 0. The first-order valence-electron chi connectivity index (χ1n) is 13.6. The quantitative estimate of drug-likeness (QED) is 0.177. The number of benzene rings is 3. The Morgan fingerprint density at radius 3 is 2.08 bits per heavy atom. The normalized spacial score (nSPS) is 10.8. The van der Waals surface area contributed by atoms with E-state index in [0.717, 1.165) is 71.1 Å². The van der Waals surface area contributed by atoms with Crippen LogP contribution in [0.5, 0.6) is 11.5 Å². The van der Waals surface area contributed by atoms with Gasteiger partial charge in [-0.25, -0.2) is 0 Å². The molecule has 0 radical (unpaired) electrons. The lowest BCUT2D eigenvalue weighted by Gasteiger charge is -2.15. The maximum absolute atomic E-state index is 6.25. The Morgan fingerprint density at radius 1 is 0.649 bits per heavy atom. The lowest BCUT2D eigenvalue weighted by Crippen LogP contribution is -2.01. The number of nitrogens with one attached hydrogen (secondary N) is 1. The van der Waals surface area contributed by atoms with Gasteiger partial charge in [0.1, 0.15) is 11.5 Å². The van der Waals surface area contributed by atoms with Crippen LogP contribution in [0, 0.1) is 0 Å². The molecule has 0 unspecified atom stereocenters. The van der Waals surface area contributed by atoms with Gasteiger partial charge >= 0.3 is 0 Å². The van der Waals surface area contributed by atoms with Crippen LogP contribution in [0.1, 0.15) is 52.4 Å². The molecule has 0 fully saturated rings. The Balaban J connectivity index is 1.53. The number of anilines is 2. The Hall–Kier alpha value is -3.79. The van der Waals surface area contributed by atoms with E-state index < -0.39 is 0 Å². The molecule has 0 atom stereocenters. The summed E-state index contributed by atoms with van der Waals surface area (Å²) in [4.78, 5) is 4.70. The van der Waals surface area contributed by atoms with E-state index in [4.69, 9.17) is 14.5 Å². The summed E-state index contributed by atoms with van der Waals surface area (Å²) in [5, 5.41) is 3.44. The molecule has 0 bridgehead atoms. The second kappa shape index (κ2) is 14.1. The highest BCUT2D eigenvalue weighted by Gasteiger charge is 2.12. The van der Waals surface area contributed by atoms with E-state index in [1.165, 1.54) is 19.3 Å². The Morgan fingerprint density at radius 2 is 1.35 bits per heavy atom. The van der Waals surface area contributed by atoms with E-state index in [1.54, 1.807) is 0 Å². The van der Waals surface area contributed by atoms with Crippen molar-refractivity contribution in [1.82, 2.24) is 4.98 Å². The second-order valence-electron chi connectivity index (χ2n) is 9.27. The molecule has 1 heterocycles. The van der Waals surface area contributed by atoms with Gasteiger partial charge in [-0.3, -0.25) is 4.98 Å². The zero-order chi connectivity index (χ0) is 25.7. The topological polar surface area (TPSA) is 43.4 Å². The maximum atomic E-state index is 6.25. The molecule has 1 aromatic heterocycles. The standard InChI is InChI=1S/C33H38N2O2/c1-3-5-10-22-36-30-18-19-31(33(25-30)37-23-11-6-4-2)32-24-27(20-21-34-32)26-14-16-29(17-15-26)35-28-12-8-7-9-13-28/h7-9,12-21,24-25,35H,3-6,10-11,22-23H2,1-2H3. The first kappa shape index (κ1) is 26.3. The van der Waals surface area contributed by atoms with Crippen molar-refractivity contribution in [1.29, 1.82) is 0 Å². The Kier molecular flexibility index (Phi) is 10.00. The van der Waals surface area contributed by atoms with Crippen molar-refractivity contribution in [2.24, 2.45) is 0 Å². The van der Waals surface area contributed by atoms with Crippen molar-refractivity contribution >= 4 is 11.4 Å². The molecule has 0 amide bonds. The first-order valence-corrected chi connectivity index (χ1v) is 13.6. The minimum atomic E-state index is 0.690. The van der Waals surface area contributed by atoms with E-state index in [2.05, 4.69) is 73.8 Å². The summed E-state index contributed by atoms with van der Waals surface area (Å²) < 4.78 is 12.3. The van der Waals surface area contributed by atoms with Gasteiger partial charge in [0.05, 0.1) is 18.9 Å². The maximum Gasteiger partial charge on any atom is 0.132 e. The summed E-state index contributed by atoms with van der Waals surface area (Å²) in [5.74, 6) is 1.68. The molecule has 0 aliphatic heterocycles. The summed E-state index contributed by atoms with van der Waals surface area (Å²) in [6.07, 6.45) is 8.66. The molecular formula is C33H38N2O2. The largest absolute Gasteiger partial charge is 0.493 e. The lowest BCUT2D eigenvalue weighted by molar-refractivity contribution is 0.292. The molecule has 192 valence electrons. The predicted octanol–water partition coefficient (Wildman–Crippen LogP) is 9.30. The van der Waals surface area contributed by atoms with E-state index >= 15 is 0 Å². The number of aromatic nitrogens is 1. The molecule has 1 N–H and O–H groups in total. The molecule has 0 aliphatic carbocycles. The van der Waals surface area contributed by atoms with Crippen LogP contribution in [0.3, 0.4) is 0 Å². The van der Waals surface area contributed by atoms with E-state index in [-0.39, 0.29) is 0 Å². The van der Waals surface area contributed by atoms with Crippen LogP contribution in [0.4, 0.5) is 11.4 Å². The van der Waals surface area contributed by atoms with Gasteiger partial charge in [0.2, 0.25) is 0 Å². The van der Waals surface area contributed by atoms with Gasteiger partial charge in [-0.05, 0) is 72.5 Å². The first-order chi connectivity index (χ1) is 18.3. The molecule has 4 nitrogen and oxygen atoms in total. The lowest BCUT2D eigenvalue weighted by atomic mass is 10.0. The van der Waals surface area contributed by atoms with E-state index in [1.807, 2.05) is 36.5 Å². The summed E-state index contributed by atoms with van der Waals surface area (Å²) >= 11 is 0. The van der Waals surface area contributed by atoms with E-state index in [9.17, 15) is 0 Å². The third kappa shape index (κ3) is 7.85. The van der Waals surface area contributed by atoms with Crippen molar-refractivity contribution < 1.29 is 9.47 Å². The predicted molar refractivity (Wildman–Crippen MR) is 155 cm³/mol. The molecule has 4 heteroatoms. The molecule has 0 spiro atoms. The van der Waals surface area contributed by atoms with Crippen LogP contribution in [-0.4, -0.2) is 18.2 Å².